The number of hydrogen-bond donors (Lipinski definition) is 1. The van der Waals surface area contributed by atoms with Crippen LogP contribution in [0.3, 0.4) is 0 Å². The van der Waals surface area contributed by atoms with Gasteiger partial charge in [0, 0.05) is 13.0 Å². The van der Waals surface area contributed by atoms with E-state index in [4.69, 9.17) is 0 Å². The zero-order chi connectivity index (χ0) is 17.1. The van der Waals surface area contributed by atoms with Gasteiger partial charge in [-0.15, -0.1) is 0 Å². The summed E-state index contributed by atoms with van der Waals surface area (Å²) >= 11 is 0. The molecule has 1 aliphatic rings. The second kappa shape index (κ2) is 7.08. The molecule has 0 radical (unpaired) electrons. The first-order valence-electron chi connectivity index (χ1n) is 8.70. The van der Waals surface area contributed by atoms with Gasteiger partial charge in [0.15, 0.2) is 0 Å². The Kier molecular flexibility index (Phi) is 4.89. The summed E-state index contributed by atoms with van der Waals surface area (Å²) in [5.74, 6) is 0.455. The third kappa shape index (κ3) is 3.45. The summed E-state index contributed by atoms with van der Waals surface area (Å²) in [6.45, 7) is 5.07. The fourth-order valence-electron chi connectivity index (χ4n) is 3.49. The van der Waals surface area contributed by atoms with Crippen molar-refractivity contribution in [2.75, 3.05) is 6.54 Å². The first-order valence-corrected chi connectivity index (χ1v) is 8.70. The Balaban J connectivity index is 1.69. The number of amides is 1. The third-order valence-electron chi connectivity index (χ3n) is 5.09. The van der Waals surface area contributed by atoms with Crippen molar-refractivity contribution < 1.29 is 9.90 Å². The lowest BCUT2D eigenvalue weighted by Gasteiger charge is -2.26. The van der Waals surface area contributed by atoms with Crippen LogP contribution in [0, 0.1) is 13.8 Å². The fraction of sp³-hybridized carbons (Fsp3) is 0.381. The van der Waals surface area contributed by atoms with Crippen LogP contribution in [-0.2, 0) is 11.2 Å². The van der Waals surface area contributed by atoms with Crippen LogP contribution in [0.2, 0.25) is 0 Å². The van der Waals surface area contributed by atoms with Crippen LogP contribution in [0.4, 0.5) is 0 Å². The minimum Gasteiger partial charge on any atom is -0.508 e. The molecule has 0 aliphatic carbocycles. The van der Waals surface area contributed by atoms with Crippen LogP contribution in [0.5, 0.6) is 5.75 Å². The summed E-state index contributed by atoms with van der Waals surface area (Å²) in [6, 6.07) is 14.0. The highest BCUT2D eigenvalue weighted by atomic mass is 16.3. The number of hydrogen-bond acceptors (Lipinski definition) is 2. The molecule has 3 rings (SSSR count). The smallest absolute Gasteiger partial charge is 0.223 e. The molecule has 2 aromatic rings. The van der Waals surface area contributed by atoms with Gasteiger partial charge in [-0.3, -0.25) is 4.79 Å². The van der Waals surface area contributed by atoms with E-state index in [1.807, 2.05) is 17.0 Å². The Bertz CT molecular complexity index is 738. The second-order valence-corrected chi connectivity index (χ2v) is 6.72. The minimum atomic E-state index is 0.180. The molecular formula is C21H25NO2. The number of likely N-dealkylation sites (tertiary alicyclic amines) is 1. The summed E-state index contributed by atoms with van der Waals surface area (Å²) < 4.78 is 0. The summed E-state index contributed by atoms with van der Waals surface area (Å²) in [5.41, 5.74) is 4.65. The highest BCUT2D eigenvalue weighted by Gasteiger charge is 2.29. The maximum absolute atomic E-state index is 12.7. The molecule has 0 unspecified atom stereocenters. The number of nitrogens with zero attached hydrogens (tertiary/aromatic N) is 1. The zero-order valence-corrected chi connectivity index (χ0v) is 14.5. The quantitative estimate of drug-likeness (QED) is 0.911. The van der Waals surface area contributed by atoms with Gasteiger partial charge in [0.2, 0.25) is 5.91 Å². The number of carbonyl (C=O) groups is 1. The Hall–Kier alpha value is -2.29. The van der Waals surface area contributed by atoms with Crippen molar-refractivity contribution in [3.8, 4) is 5.75 Å². The van der Waals surface area contributed by atoms with Gasteiger partial charge >= 0.3 is 0 Å². The Morgan fingerprint density at radius 2 is 1.96 bits per heavy atom. The molecule has 1 amide bonds. The number of aromatic hydroxyl groups is 1. The summed E-state index contributed by atoms with van der Waals surface area (Å²) in [5, 5.41) is 9.85. The molecule has 1 atom stereocenters. The minimum absolute atomic E-state index is 0.180. The van der Waals surface area contributed by atoms with Gasteiger partial charge in [0.1, 0.15) is 5.75 Å². The van der Waals surface area contributed by atoms with Crippen molar-refractivity contribution in [3.05, 3.63) is 64.7 Å². The average molecular weight is 323 g/mol. The third-order valence-corrected chi connectivity index (χ3v) is 5.09. The van der Waals surface area contributed by atoms with Crippen molar-refractivity contribution in [1.29, 1.82) is 0 Å². The highest BCUT2D eigenvalue weighted by molar-refractivity contribution is 5.77. The lowest BCUT2D eigenvalue weighted by molar-refractivity contribution is -0.132. The summed E-state index contributed by atoms with van der Waals surface area (Å²) in [7, 11) is 0. The van der Waals surface area contributed by atoms with E-state index in [9.17, 15) is 9.90 Å². The predicted molar refractivity (Wildman–Crippen MR) is 96.0 cm³/mol. The SMILES string of the molecule is Cc1ccc([C@@H]2CCCN2C(=O)CCc2ccccc2O)cc1C. The first kappa shape index (κ1) is 16.6. The summed E-state index contributed by atoms with van der Waals surface area (Å²) in [6.07, 6.45) is 3.12. The van der Waals surface area contributed by atoms with Crippen molar-refractivity contribution in [2.24, 2.45) is 0 Å². The molecule has 24 heavy (non-hydrogen) atoms. The van der Waals surface area contributed by atoms with Crippen molar-refractivity contribution >= 4 is 5.91 Å². The van der Waals surface area contributed by atoms with E-state index >= 15 is 0 Å². The van der Waals surface area contributed by atoms with Gasteiger partial charge in [-0.1, -0.05) is 36.4 Å². The molecule has 126 valence electrons. The number of aryl methyl sites for hydroxylation is 3. The van der Waals surface area contributed by atoms with Crippen LogP contribution in [0.25, 0.3) is 0 Å². The molecular weight excluding hydrogens is 298 g/mol. The number of rotatable bonds is 4. The Morgan fingerprint density at radius 1 is 1.17 bits per heavy atom. The van der Waals surface area contributed by atoms with Gasteiger partial charge in [0.05, 0.1) is 6.04 Å². The molecule has 0 saturated carbocycles. The lowest BCUT2D eigenvalue weighted by Crippen LogP contribution is -2.30. The van der Waals surface area contributed by atoms with Gasteiger partial charge in [0.25, 0.3) is 0 Å². The largest absolute Gasteiger partial charge is 0.508 e. The predicted octanol–water partition coefficient (Wildman–Crippen LogP) is 4.31. The number of benzene rings is 2. The van der Waals surface area contributed by atoms with Crippen molar-refractivity contribution in [3.63, 3.8) is 0 Å². The fourth-order valence-corrected chi connectivity index (χ4v) is 3.49. The van der Waals surface area contributed by atoms with Crippen molar-refractivity contribution in [2.45, 2.75) is 45.6 Å². The molecule has 0 aromatic heterocycles. The van der Waals surface area contributed by atoms with Crippen LogP contribution >= 0.6 is 0 Å². The Labute approximate surface area is 143 Å². The van der Waals surface area contributed by atoms with Gasteiger partial charge < -0.3 is 10.0 Å². The first-order chi connectivity index (χ1) is 11.6. The van der Waals surface area contributed by atoms with E-state index in [0.717, 1.165) is 24.9 Å². The number of phenols is 1. The highest BCUT2D eigenvalue weighted by Crippen LogP contribution is 2.33. The molecule has 3 heteroatoms. The van der Waals surface area contributed by atoms with E-state index in [2.05, 4.69) is 32.0 Å². The van der Waals surface area contributed by atoms with Gasteiger partial charge in [-0.2, -0.15) is 0 Å². The van der Waals surface area contributed by atoms with Gasteiger partial charge in [-0.05, 0) is 61.4 Å². The van der Waals surface area contributed by atoms with Crippen LogP contribution in [0.15, 0.2) is 42.5 Å². The average Bonchev–Trinajstić information content (AvgIpc) is 3.06. The zero-order valence-electron chi connectivity index (χ0n) is 14.5. The normalized spacial score (nSPS) is 17.2. The maximum Gasteiger partial charge on any atom is 0.223 e. The number of carbonyl (C=O) groups excluding carboxylic acids is 1. The van der Waals surface area contributed by atoms with Crippen LogP contribution < -0.4 is 0 Å². The number of para-hydroxylation sites is 1. The maximum atomic E-state index is 12.7. The molecule has 1 fully saturated rings. The molecule has 1 saturated heterocycles. The molecule has 1 N–H and O–H groups in total. The van der Waals surface area contributed by atoms with Crippen LogP contribution in [0.1, 0.15) is 47.6 Å². The lowest BCUT2D eigenvalue weighted by atomic mass is 9.99. The summed E-state index contributed by atoms with van der Waals surface area (Å²) in [4.78, 5) is 14.7. The standard InChI is InChI=1S/C21H25NO2/c1-15-9-10-18(14-16(15)2)19-7-5-13-22(19)21(24)12-11-17-6-3-4-8-20(17)23/h3-4,6,8-10,14,19,23H,5,7,11-13H2,1-2H3/t19-/m0/s1. The molecule has 0 spiro atoms. The molecule has 0 bridgehead atoms. The topological polar surface area (TPSA) is 40.5 Å². The monoisotopic (exact) mass is 323 g/mol. The Morgan fingerprint density at radius 3 is 2.71 bits per heavy atom. The van der Waals surface area contributed by atoms with Gasteiger partial charge in [-0.25, -0.2) is 0 Å². The van der Waals surface area contributed by atoms with Crippen molar-refractivity contribution in [1.82, 2.24) is 4.90 Å². The van der Waals surface area contributed by atoms with Crippen LogP contribution in [-0.4, -0.2) is 22.5 Å². The van der Waals surface area contributed by atoms with E-state index in [1.54, 1.807) is 12.1 Å². The molecule has 1 aliphatic heterocycles. The van der Waals surface area contributed by atoms with E-state index < -0.39 is 0 Å². The molecule has 1 heterocycles. The number of phenolic OH excluding ortho intramolecular Hbond substituents is 1. The van der Waals surface area contributed by atoms with E-state index in [0.29, 0.717) is 12.8 Å². The van der Waals surface area contributed by atoms with E-state index in [1.165, 1.54) is 16.7 Å². The molecule has 3 nitrogen and oxygen atoms in total. The second-order valence-electron chi connectivity index (χ2n) is 6.72. The van der Waals surface area contributed by atoms with E-state index in [-0.39, 0.29) is 17.7 Å². The molecule has 2 aromatic carbocycles.